The average Bonchev–Trinajstić information content (AvgIpc) is 2.66. The number of nitriles is 1. The van der Waals surface area contributed by atoms with Crippen molar-refractivity contribution in [3.05, 3.63) is 70.8 Å². The van der Waals surface area contributed by atoms with E-state index in [0.717, 1.165) is 5.56 Å². The van der Waals surface area contributed by atoms with Crippen molar-refractivity contribution in [1.82, 2.24) is 0 Å². The lowest BCUT2D eigenvalue weighted by molar-refractivity contribution is -0.112. The number of nitrogens with one attached hydrogen (secondary N) is 1. The molecule has 5 heteroatoms. The summed E-state index contributed by atoms with van der Waals surface area (Å²) in [6.07, 6.45) is 1.51. The van der Waals surface area contributed by atoms with Crippen LogP contribution in [0.25, 0.3) is 6.08 Å². The third kappa shape index (κ3) is 4.58. The Morgan fingerprint density at radius 1 is 1.12 bits per heavy atom. The molecule has 2 rings (SSSR count). The van der Waals surface area contributed by atoms with Crippen LogP contribution in [0.1, 0.15) is 41.3 Å². The summed E-state index contributed by atoms with van der Waals surface area (Å²) in [5, 5.41) is 11.9. The molecule has 1 amide bonds. The van der Waals surface area contributed by atoms with Gasteiger partial charge < -0.3 is 10.1 Å². The molecule has 0 heterocycles. The van der Waals surface area contributed by atoms with Crippen molar-refractivity contribution in [3.63, 3.8) is 0 Å². The van der Waals surface area contributed by atoms with E-state index in [0.29, 0.717) is 11.6 Å². The Kier molecular flexibility index (Phi) is 6.29. The predicted molar refractivity (Wildman–Crippen MR) is 101 cm³/mol. The lowest BCUT2D eigenvalue weighted by atomic mass is 10.0. The molecule has 1 N–H and O–H groups in total. The first-order valence-corrected chi connectivity index (χ1v) is 8.16. The van der Waals surface area contributed by atoms with Crippen LogP contribution in [-0.2, 0) is 9.53 Å². The second-order valence-corrected chi connectivity index (χ2v) is 5.98. The van der Waals surface area contributed by atoms with Gasteiger partial charge in [-0.3, -0.25) is 4.79 Å². The highest BCUT2D eigenvalue weighted by molar-refractivity contribution is 6.11. The Labute approximate surface area is 152 Å². The van der Waals surface area contributed by atoms with Gasteiger partial charge in [0.1, 0.15) is 11.6 Å². The van der Waals surface area contributed by atoms with Crippen LogP contribution in [0.4, 0.5) is 5.69 Å². The van der Waals surface area contributed by atoms with E-state index < -0.39 is 11.9 Å². The minimum atomic E-state index is -0.586. The first kappa shape index (κ1) is 18.9. The Balaban J connectivity index is 2.25. The Hall–Kier alpha value is -3.39. The number of esters is 1. The second-order valence-electron chi connectivity index (χ2n) is 5.98. The SMILES string of the molecule is COC(=O)c1ccccc1NC(=O)C(C#N)=Cc1ccc(C(C)C)cc1. The van der Waals surface area contributed by atoms with Gasteiger partial charge in [-0.1, -0.05) is 50.2 Å². The molecule has 0 aromatic heterocycles. The maximum atomic E-state index is 12.4. The van der Waals surface area contributed by atoms with Crippen LogP contribution in [0.3, 0.4) is 0 Å². The van der Waals surface area contributed by atoms with Gasteiger partial charge in [-0.05, 0) is 35.3 Å². The summed E-state index contributed by atoms with van der Waals surface area (Å²) in [6.45, 7) is 4.19. The molecule has 0 bridgehead atoms. The minimum Gasteiger partial charge on any atom is -0.465 e. The fraction of sp³-hybridized carbons (Fsp3) is 0.190. The van der Waals surface area contributed by atoms with Crippen LogP contribution in [0, 0.1) is 11.3 Å². The maximum absolute atomic E-state index is 12.4. The molecule has 132 valence electrons. The summed E-state index contributed by atoms with van der Waals surface area (Å²) in [7, 11) is 1.27. The van der Waals surface area contributed by atoms with Gasteiger partial charge in [-0.2, -0.15) is 5.26 Å². The molecule has 0 saturated heterocycles. The molecule has 2 aromatic rings. The van der Waals surface area contributed by atoms with Gasteiger partial charge >= 0.3 is 5.97 Å². The van der Waals surface area contributed by atoms with E-state index in [9.17, 15) is 14.9 Å². The number of amides is 1. The molecular weight excluding hydrogens is 328 g/mol. The molecule has 0 spiro atoms. The van der Waals surface area contributed by atoms with Crippen molar-refractivity contribution in [2.24, 2.45) is 0 Å². The molecule has 0 aliphatic rings. The van der Waals surface area contributed by atoms with E-state index >= 15 is 0 Å². The minimum absolute atomic E-state index is 0.0537. The highest BCUT2D eigenvalue weighted by atomic mass is 16.5. The first-order chi connectivity index (χ1) is 12.5. The molecule has 26 heavy (non-hydrogen) atoms. The van der Waals surface area contributed by atoms with Gasteiger partial charge in [0.25, 0.3) is 5.91 Å². The summed E-state index contributed by atoms with van der Waals surface area (Å²) in [6, 6.07) is 16.0. The first-order valence-electron chi connectivity index (χ1n) is 8.16. The average molecular weight is 348 g/mol. The number of anilines is 1. The van der Waals surface area contributed by atoms with E-state index in [-0.39, 0.29) is 11.1 Å². The summed E-state index contributed by atoms with van der Waals surface area (Å²) in [5.74, 6) is -0.744. The number of carbonyl (C=O) groups excluding carboxylic acids is 2. The number of methoxy groups -OCH3 is 1. The largest absolute Gasteiger partial charge is 0.465 e. The highest BCUT2D eigenvalue weighted by Crippen LogP contribution is 2.19. The Morgan fingerprint density at radius 2 is 1.77 bits per heavy atom. The molecule has 0 atom stereocenters. The van der Waals surface area contributed by atoms with Gasteiger partial charge in [0.2, 0.25) is 0 Å². The number of rotatable bonds is 5. The third-order valence-electron chi connectivity index (χ3n) is 3.86. The smallest absolute Gasteiger partial charge is 0.339 e. The zero-order chi connectivity index (χ0) is 19.1. The summed E-state index contributed by atoms with van der Waals surface area (Å²) in [4.78, 5) is 24.2. The van der Waals surface area contributed by atoms with Crippen molar-refractivity contribution in [1.29, 1.82) is 5.26 Å². The third-order valence-corrected chi connectivity index (χ3v) is 3.86. The summed E-state index contributed by atoms with van der Waals surface area (Å²) >= 11 is 0. The van der Waals surface area contributed by atoms with Gasteiger partial charge in [-0.15, -0.1) is 0 Å². The number of hydrogen-bond donors (Lipinski definition) is 1. The molecule has 2 aromatic carbocycles. The van der Waals surface area contributed by atoms with Crippen molar-refractivity contribution in [3.8, 4) is 6.07 Å². The van der Waals surface area contributed by atoms with E-state index in [2.05, 4.69) is 19.2 Å². The molecule has 0 saturated carbocycles. The van der Waals surface area contributed by atoms with Crippen LogP contribution in [0.5, 0.6) is 0 Å². The van der Waals surface area contributed by atoms with Gasteiger partial charge in [-0.25, -0.2) is 4.79 Å². The fourth-order valence-electron chi connectivity index (χ4n) is 2.36. The monoisotopic (exact) mass is 348 g/mol. The number of para-hydroxylation sites is 1. The quantitative estimate of drug-likeness (QED) is 0.500. The van der Waals surface area contributed by atoms with Crippen LogP contribution in [-0.4, -0.2) is 19.0 Å². The molecular formula is C21H20N2O3. The number of benzene rings is 2. The van der Waals surface area contributed by atoms with Gasteiger partial charge in [0.15, 0.2) is 0 Å². The van der Waals surface area contributed by atoms with Crippen molar-refractivity contribution >= 4 is 23.6 Å². The van der Waals surface area contributed by atoms with E-state index in [1.807, 2.05) is 30.3 Å². The van der Waals surface area contributed by atoms with E-state index in [4.69, 9.17) is 4.74 Å². The number of hydrogen-bond acceptors (Lipinski definition) is 4. The molecule has 0 aliphatic carbocycles. The Morgan fingerprint density at radius 3 is 2.35 bits per heavy atom. The van der Waals surface area contributed by atoms with Crippen molar-refractivity contribution in [2.45, 2.75) is 19.8 Å². The molecule has 5 nitrogen and oxygen atoms in total. The number of nitrogens with zero attached hydrogens (tertiary/aromatic N) is 1. The molecule has 0 unspecified atom stereocenters. The van der Waals surface area contributed by atoms with E-state index in [1.165, 1.54) is 18.7 Å². The molecule has 0 fully saturated rings. The van der Waals surface area contributed by atoms with Crippen LogP contribution in [0.2, 0.25) is 0 Å². The highest BCUT2D eigenvalue weighted by Gasteiger charge is 2.15. The van der Waals surface area contributed by atoms with E-state index in [1.54, 1.807) is 24.3 Å². The zero-order valence-corrected chi connectivity index (χ0v) is 14.9. The standard InChI is InChI=1S/C21H20N2O3/c1-14(2)16-10-8-15(9-11-16)12-17(13-22)20(24)23-19-7-5-4-6-18(19)21(25)26-3/h4-12,14H,1-3H3,(H,23,24). The lowest BCUT2D eigenvalue weighted by Crippen LogP contribution is -2.16. The van der Waals surface area contributed by atoms with Crippen LogP contribution in [0.15, 0.2) is 54.1 Å². The van der Waals surface area contributed by atoms with Crippen molar-refractivity contribution in [2.75, 3.05) is 12.4 Å². The summed E-state index contributed by atoms with van der Waals surface area (Å²) in [5.41, 5.74) is 2.39. The van der Waals surface area contributed by atoms with Crippen LogP contribution >= 0.6 is 0 Å². The normalized spacial score (nSPS) is 11.0. The fourth-order valence-corrected chi connectivity index (χ4v) is 2.36. The second kappa shape index (κ2) is 8.63. The van der Waals surface area contributed by atoms with Crippen LogP contribution < -0.4 is 5.32 Å². The predicted octanol–water partition coefficient (Wildman–Crippen LogP) is 4.14. The lowest BCUT2D eigenvalue weighted by Gasteiger charge is -2.09. The van der Waals surface area contributed by atoms with Gasteiger partial charge in [0, 0.05) is 0 Å². The number of carbonyl (C=O) groups is 2. The topological polar surface area (TPSA) is 79.2 Å². The summed E-state index contributed by atoms with van der Waals surface area (Å²) < 4.78 is 4.70. The molecule has 0 radical (unpaired) electrons. The molecule has 0 aliphatic heterocycles. The Bertz CT molecular complexity index is 875. The number of ether oxygens (including phenoxy) is 1. The maximum Gasteiger partial charge on any atom is 0.339 e. The zero-order valence-electron chi connectivity index (χ0n) is 14.9. The van der Waals surface area contributed by atoms with Gasteiger partial charge in [0.05, 0.1) is 18.4 Å². The van der Waals surface area contributed by atoms with Crippen molar-refractivity contribution < 1.29 is 14.3 Å².